The van der Waals surface area contributed by atoms with Crippen molar-refractivity contribution in [2.75, 3.05) is 0 Å². The molecule has 2 aromatic rings. The lowest BCUT2D eigenvalue weighted by molar-refractivity contribution is 1.50. The molecule has 0 aromatic heterocycles. The van der Waals surface area contributed by atoms with Gasteiger partial charge in [0.15, 0.2) is 0 Å². The third-order valence-electron chi connectivity index (χ3n) is 2.99. The van der Waals surface area contributed by atoms with Crippen molar-refractivity contribution in [1.82, 2.24) is 0 Å². The van der Waals surface area contributed by atoms with Gasteiger partial charge in [-0.1, -0.05) is 54.1 Å². The van der Waals surface area contributed by atoms with Crippen molar-refractivity contribution in [3.05, 3.63) is 65.8 Å². The van der Waals surface area contributed by atoms with Gasteiger partial charge < -0.3 is 0 Å². The summed E-state index contributed by atoms with van der Waals surface area (Å²) in [4.78, 5) is 0. The minimum absolute atomic E-state index is 1.27. The van der Waals surface area contributed by atoms with Crippen LogP contribution in [0.1, 0.15) is 25.0 Å². The Morgan fingerprint density at radius 1 is 0.941 bits per heavy atom. The highest BCUT2D eigenvalue weighted by Crippen LogP contribution is 2.23. The van der Waals surface area contributed by atoms with E-state index in [1.54, 1.807) is 0 Å². The molecule has 0 aliphatic rings. The normalized spacial score (nSPS) is 12.5. The minimum atomic E-state index is 1.27. The van der Waals surface area contributed by atoms with Crippen molar-refractivity contribution >= 4 is 16.3 Å². The predicted octanol–water partition coefficient (Wildman–Crippen LogP) is 5.13. The molecule has 0 aliphatic heterocycles. The fraction of sp³-hybridized carbons (Fsp3) is 0.176. The lowest BCUT2D eigenvalue weighted by Crippen LogP contribution is -1.82. The Hall–Kier alpha value is -1.82. The highest BCUT2D eigenvalue weighted by atomic mass is 14.0. The van der Waals surface area contributed by atoms with Gasteiger partial charge in [-0.05, 0) is 48.7 Å². The quantitative estimate of drug-likeness (QED) is 0.618. The van der Waals surface area contributed by atoms with Gasteiger partial charge in [-0.2, -0.15) is 0 Å². The molecule has 0 unspecified atom stereocenters. The van der Waals surface area contributed by atoms with Crippen LogP contribution in [0.4, 0.5) is 0 Å². The number of fused-ring (bicyclic) bond motifs is 1. The van der Waals surface area contributed by atoms with E-state index in [1.165, 1.54) is 27.5 Å². The van der Waals surface area contributed by atoms with Gasteiger partial charge in [-0.3, -0.25) is 0 Å². The highest BCUT2D eigenvalue weighted by Gasteiger charge is 1.99. The van der Waals surface area contributed by atoms with Crippen LogP contribution in [0.3, 0.4) is 0 Å². The Balaban J connectivity index is 2.55. The second-order valence-electron chi connectivity index (χ2n) is 4.31. The Morgan fingerprint density at radius 3 is 2.35 bits per heavy atom. The second kappa shape index (κ2) is 5.01. The summed E-state index contributed by atoms with van der Waals surface area (Å²) in [5.74, 6) is 0. The van der Waals surface area contributed by atoms with Crippen LogP contribution in [0.5, 0.6) is 0 Å². The lowest BCUT2D eigenvalue weighted by atomic mass is 10.00. The summed E-state index contributed by atoms with van der Waals surface area (Å²) in [7, 11) is 0. The molecule has 0 heteroatoms. The minimum Gasteiger partial charge on any atom is -0.0871 e. The van der Waals surface area contributed by atoms with Gasteiger partial charge in [0.1, 0.15) is 0 Å². The maximum absolute atomic E-state index is 2.25. The molecule has 2 rings (SSSR count). The number of aryl methyl sites for hydroxylation is 1. The zero-order chi connectivity index (χ0) is 12.3. The molecule has 0 fully saturated rings. The molecule has 86 valence electrons. The van der Waals surface area contributed by atoms with Crippen LogP contribution < -0.4 is 0 Å². The molecule has 0 bridgehead atoms. The van der Waals surface area contributed by atoms with Gasteiger partial charge in [-0.25, -0.2) is 0 Å². The fourth-order valence-corrected chi connectivity index (χ4v) is 2.08. The van der Waals surface area contributed by atoms with Gasteiger partial charge in [0, 0.05) is 0 Å². The molecule has 0 amide bonds. The van der Waals surface area contributed by atoms with Crippen molar-refractivity contribution in [2.45, 2.75) is 20.8 Å². The first kappa shape index (κ1) is 11.7. The van der Waals surface area contributed by atoms with Crippen molar-refractivity contribution in [3.8, 4) is 0 Å². The van der Waals surface area contributed by atoms with Crippen LogP contribution >= 0.6 is 0 Å². The number of allylic oxidation sites excluding steroid dienone is 4. The van der Waals surface area contributed by atoms with E-state index in [9.17, 15) is 0 Å². The predicted molar refractivity (Wildman–Crippen MR) is 77.2 cm³/mol. The average Bonchev–Trinajstić information content (AvgIpc) is 2.35. The van der Waals surface area contributed by atoms with Crippen LogP contribution in [-0.4, -0.2) is 0 Å². The summed E-state index contributed by atoms with van der Waals surface area (Å²) in [6, 6.07) is 13.2. The molecule has 0 N–H and O–H groups in total. The number of hydrogen-bond acceptors (Lipinski definition) is 0. The van der Waals surface area contributed by atoms with Crippen LogP contribution in [0.2, 0.25) is 0 Å². The van der Waals surface area contributed by atoms with E-state index in [2.05, 4.69) is 68.5 Å². The zero-order valence-corrected chi connectivity index (χ0v) is 10.7. The van der Waals surface area contributed by atoms with Crippen molar-refractivity contribution in [2.24, 2.45) is 0 Å². The van der Waals surface area contributed by atoms with E-state index < -0.39 is 0 Å². The Morgan fingerprint density at radius 2 is 1.65 bits per heavy atom. The Bertz CT molecular complexity index is 586. The molecule has 0 heterocycles. The van der Waals surface area contributed by atoms with Gasteiger partial charge >= 0.3 is 0 Å². The van der Waals surface area contributed by atoms with Crippen LogP contribution in [0, 0.1) is 6.92 Å². The molecule has 0 saturated carbocycles. The SMILES string of the molecule is C/C=C\C(=C/C)c1ccc2cc(C)ccc2c1. The van der Waals surface area contributed by atoms with Crippen LogP contribution in [0.15, 0.2) is 54.6 Å². The maximum atomic E-state index is 2.25. The molecule has 0 nitrogen and oxygen atoms in total. The third kappa shape index (κ3) is 2.47. The smallest absolute Gasteiger partial charge is 0.0178 e. The lowest BCUT2D eigenvalue weighted by Gasteiger charge is -2.05. The highest BCUT2D eigenvalue weighted by molar-refractivity contribution is 5.88. The molecular formula is C17H18. The monoisotopic (exact) mass is 222 g/mol. The fourth-order valence-electron chi connectivity index (χ4n) is 2.08. The van der Waals surface area contributed by atoms with Crippen molar-refractivity contribution < 1.29 is 0 Å². The topological polar surface area (TPSA) is 0 Å². The first-order chi connectivity index (χ1) is 8.24. The maximum Gasteiger partial charge on any atom is -0.0178 e. The van der Waals surface area contributed by atoms with Crippen molar-refractivity contribution in [1.29, 1.82) is 0 Å². The first-order valence-corrected chi connectivity index (χ1v) is 6.04. The van der Waals surface area contributed by atoms with Crippen molar-refractivity contribution in [3.63, 3.8) is 0 Å². The summed E-state index contributed by atoms with van der Waals surface area (Å²) in [5, 5.41) is 2.61. The summed E-state index contributed by atoms with van der Waals surface area (Å²) in [6.45, 7) is 6.26. The van der Waals surface area contributed by atoms with E-state index >= 15 is 0 Å². The van der Waals surface area contributed by atoms with Gasteiger partial charge in [0.25, 0.3) is 0 Å². The number of rotatable bonds is 2. The number of benzene rings is 2. The summed E-state index contributed by atoms with van der Waals surface area (Å²) < 4.78 is 0. The van der Waals surface area contributed by atoms with Gasteiger partial charge in [0.05, 0.1) is 0 Å². The zero-order valence-electron chi connectivity index (χ0n) is 10.7. The third-order valence-corrected chi connectivity index (χ3v) is 2.99. The van der Waals surface area contributed by atoms with Crippen LogP contribution in [-0.2, 0) is 0 Å². The molecule has 0 saturated heterocycles. The molecule has 0 spiro atoms. The number of hydrogen-bond donors (Lipinski definition) is 0. The van der Waals surface area contributed by atoms with Crippen LogP contribution in [0.25, 0.3) is 16.3 Å². The van der Waals surface area contributed by atoms with E-state index in [1.807, 2.05) is 6.92 Å². The van der Waals surface area contributed by atoms with Gasteiger partial charge in [-0.15, -0.1) is 0 Å². The molecular weight excluding hydrogens is 204 g/mol. The molecule has 17 heavy (non-hydrogen) atoms. The average molecular weight is 222 g/mol. The Kier molecular flexibility index (Phi) is 3.43. The Labute approximate surface area is 103 Å². The van der Waals surface area contributed by atoms with Gasteiger partial charge in [0.2, 0.25) is 0 Å². The molecule has 0 radical (unpaired) electrons. The summed E-state index contributed by atoms with van der Waals surface area (Å²) in [6.07, 6.45) is 6.37. The molecule has 0 aliphatic carbocycles. The standard InChI is InChI=1S/C17H18/c1-4-6-14(5-2)16-10-9-15-11-13(3)7-8-17(15)12-16/h4-12H,1-3H3/b6-4-,14-5+. The van der Waals surface area contributed by atoms with E-state index in [0.717, 1.165) is 0 Å². The first-order valence-electron chi connectivity index (χ1n) is 6.04. The largest absolute Gasteiger partial charge is 0.0871 e. The second-order valence-corrected chi connectivity index (χ2v) is 4.31. The summed E-state index contributed by atoms with van der Waals surface area (Å²) in [5.41, 5.74) is 3.86. The molecule has 0 atom stereocenters. The van der Waals surface area contributed by atoms with E-state index in [4.69, 9.17) is 0 Å². The van der Waals surface area contributed by atoms with E-state index in [-0.39, 0.29) is 0 Å². The summed E-state index contributed by atoms with van der Waals surface area (Å²) >= 11 is 0. The van der Waals surface area contributed by atoms with E-state index in [0.29, 0.717) is 0 Å². The molecule has 2 aromatic carbocycles.